The zero-order valence-corrected chi connectivity index (χ0v) is 17.9. The average Bonchev–Trinajstić information content (AvgIpc) is 2.74. The van der Waals surface area contributed by atoms with Gasteiger partial charge >= 0.3 is 0 Å². The van der Waals surface area contributed by atoms with Crippen LogP contribution in [0.15, 0.2) is 84.9 Å². The highest BCUT2D eigenvalue weighted by Crippen LogP contribution is 2.36. The Morgan fingerprint density at radius 3 is 1.90 bits per heavy atom. The molecule has 0 aliphatic heterocycles. The Bertz CT molecular complexity index is 1160. The number of hydrogen-bond acceptors (Lipinski definition) is 1. The minimum atomic E-state index is 0.750. The van der Waals surface area contributed by atoms with E-state index >= 15 is 0 Å². The Kier molecular flexibility index (Phi) is 5.62. The summed E-state index contributed by atoms with van der Waals surface area (Å²) >= 11 is 12.4. The third-order valence-electron chi connectivity index (χ3n) is 5.17. The van der Waals surface area contributed by atoms with E-state index in [4.69, 9.17) is 23.2 Å². The highest BCUT2D eigenvalue weighted by Gasteiger charge is 2.10. The van der Waals surface area contributed by atoms with Crippen LogP contribution in [-0.4, -0.2) is 7.05 Å². The molecule has 29 heavy (non-hydrogen) atoms. The van der Waals surface area contributed by atoms with E-state index in [0.717, 1.165) is 32.4 Å². The first kappa shape index (κ1) is 19.6. The van der Waals surface area contributed by atoms with Crippen LogP contribution in [0.2, 0.25) is 10.0 Å². The average molecular weight is 418 g/mol. The lowest BCUT2D eigenvalue weighted by Gasteiger charge is -2.15. The summed E-state index contributed by atoms with van der Waals surface area (Å²) in [6.45, 7) is 2.14. The van der Waals surface area contributed by atoms with Crippen molar-refractivity contribution in [2.75, 3.05) is 12.4 Å². The Labute approximate surface area is 181 Å². The van der Waals surface area contributed by atoms with Crippen LogP contribution in [-0.2, 0) is 0 Å². The number of aryl methyl sites for hydroxylation is 1. The van der Waals surface area contributed by atoms with E-state index in [9.17, 15) is 0 Å². The van der Waals surface area contributed by atoms with Gasteiger partial charge in [-0.25, -0.2) is 0 Å². The van der Waals surface area contributed by atoms with E-state index in [-0.39, 0.29) is 0 Å². The molecule has 0 fully saturated rings. The summed E-state index contributed by atoms with van der Waals surface area (Å²) in [6, 6.07) is 28.9. The van der Waals surface area contributed by atoms with Gasteiger partial charge in [-0.1, -0.05) is 83.9 Å². The van der Waals surface area contributed by atoms with E-state index in [2.05, 4.69) is 60.8 Å². The molecule has 1 N–H and O–H groups in total. The van der Waals surface area contributed by atoms with Gasteiger partial charge in [-0.05, 0) is 59.0 Å². The fourth-order valence-electron chi connectivity index (χ4n) is 3.65. The van der Waals surface area contributed by atoms with Gasteiger partial charge in [0.25, 0.3) is 0 Å². The maximum absolute atomic E-state index is 6.39. The molecule has 0 spiro atoms. The van der Waals surface area contributed by atoms with Crippen molar-refractivity contribution in [1.29, 1.82) is 0 Å². The van der Waals surface area contributed by atoms with E-state index < -0.39 is 0 Å². The van der Waals surface area contributed by atoms with Crippen LogP contribution in [0.5, 0.6) is 0 Å². The Balaban J connectivity index is 1.74. The Hall–Kier alpha value is -2.74. The largest absolute Gasteiger partial charge is 0.388 e. The molecular weight excluding hydrogens is 397 g/mol. The molecule has 0 radical (unpaired) electrons. The van der Waals surface area contributed by atoms with Crippen molar-refractivity contribution in [3.05, 3.63) is 101 Å². The Morgan fingerprint density at radius 1 is 0.621 bits per heavy atom. The minimum Gasteiger partial charge on any atom is -0.388 e. The molecular formula is C26H21Cl2N. The maximum Gasteiger partial charge on any atom is 0.0484 e. The van der Waals surface area contributed by atoms with Crippen LogP contribution in [0, 0.1) is 6.92 Å². The lowest BCUT2D eigenvalue weighted by atomic mass is 9.93. The lowest BCUT2D eigenvalue weighted by molar-refractivity contribution is 1.44. The zero-order chi connectivity index (χ0) is 20.4. The summed E-state index contributed by atoms with van der Waals surface area (Å²) in [5, 5.41) is 4.84. The standard InChI is InChI=1S/C26H21Cl2N/c1-17-15-19(9-13-22(17)18-7-11-21(27)12-8-18)24-14-10-20(16-26(24)29-2)23-5-3-4-6-25(23)28/h3-16,29H,1-2H3. The maximum atomic E-state index is 6.39. The topological polar surface area (TPSA) is 12.0 Å². The first-order valence-corrected chi connectivity index (χ1v) is 10.3. The van der Waals surface area contributed by atoms with Crippen molar-refractivity contribution < 1.29 is 0 Å². The fraction of sp³-hybridized carbons (Fsp3) is 0.0769. The second-order valence-electron chi connectivity index (χ2n) is 7.03. The number of hydrogen-bond donors (Lipinski definition) is 1. The second-order valence-corrected chi connectivity index (χ2v) is 7.87. The molecule has 3 heteroatoms. The van der Waals surface area contributed by atoms with Gasteiger partial charge in [-0.3, -0.25) is 0 Å². The molecule has 0 saturated heterocycles. The van der Waals surface area contributed by atoms with E-state index in [1.165, 1.54) is 22.3 Å². The summed E-state index contributed by atoms with van der Waals surface area (Å²) in [7, 11) is 1.95. The van der Waals surface area contributed by atoms with Crippen LogP contribution < -0.4 is 5.32 Å². The number of nitrogens with one attached hydrogen (secondary N) is 1. The molecule has 1 nitrogen and oxygen atoms in total. The molecule has 144 valence electrons. The molecule has 4 aromatic rings. The van der Waals surface area contributed by atoms with E-state index in [0.29, 0.717) is 0 Å². The smallest absolute Gasteiger partial charge is 0.0484 e. The molecule has 0 aromatic heterocycles. The molecule has 0 aliphatic carbocycles. The van der Waals surface area contributed by atoms with Crippen LogP contribution in [0.1, 0.15) is 5.56 Å². The summed E-state index contributed by atoms with van der Waals surface area (Å²) < 4.78 is 0. The van der Waals surface area contributed by atoms with Crippen molar-refractivity contribution in [2.45, 2.75) is 6.92 Å². The lowest BCUT2D eigenvalue weighted by Crippen LogP contribution is -1.94. The van der Waals surface area contributed by atoms with Crippen molar-refractivity contribution in [1.82, 2.24) is 0 Å². The van der Waals surface area contributed by atoms with Gasteiger partial charge in [-0.15, -0.1) is 0 Å². The number of rotatable bonds is 4. The van der Waals surface area contributed by atoms with Crippen molar-refractivity contribution >= 4 is 28.9 Å². The summed E-state index contributed by atoms with van der Waals surface area (Å²) in [5.41, 5.74) is 9.14. The van der Waals surface area contributed by atoms with E-state index in [1.807, 2.05) is 43.4 Å². The molecule has 0 heterocycles. The summed E-state index contributed by atoms with van der Waals surface area (Å²) in [4.78, 5) is 0. The quantitative estimate of drug-likeness (QED) is 0.351. The molecule has 4 rings (SSSR count). The SMILES string of the molecule is CNc1cc(-c2ccccc2Cl)ccc1-c1ccc(-c2ccc(Cl)cc2)c(C)c1. The van der Waals surface area contributed by atoms with Crippen molar-refractivity contribution in [3.63, 3.8) is 0 Å². The molecule has 0 amide bonds. The predicted molar refractivity (Wildman–Crippen MR) is 127 cm³/mol. The van der Waals surface area contributed by atoms with Crippen molar-refractivity contribution in [3.8, 4) is 33.4 Å². The molecule has 0 aliphatic rings. The van der Waals surface area contributed by atoms with Gasteiger partial charge in [0.15, 0.2) is 0 Å². The summed E-state index contributed by atoms with van der Waals surface area (Å²) in [5.74, 6) is 0. The molecule has 4 aromatic carbocycles. The van der Waals surface area contributed by atoms with Gasteiger partial charge < -0.3 is 5.32 Å². The molecule has 0 unspecified atom stereocenters. The van der Waals surface area contributed by atoms with Crippen LogP contribution >= 0.6 is 23.2 Å². The van der Waals surface area contributed by atoms with Gasteiger partial charge in [-0.2, -0.15) is 0 Å². The van der Waals surface area contributed by atoms with Crippen LogP contribution in [0.3, 0.4) is 0 Å². The highest BCUT2D eigenvalue weighted by molar-refractivity contribution is 6.33. The Morgan fingerprint density at radius 2 is 1.24 bits per heavy atom. The number of halogens is 2. The van der Waals surface area contributed by atoms with Gasteiger partial charge in [0.05, 0.1) is 0 Å². The van der Waals surface area contributed by atoms with E-state index in [1.54, 1.807) is 0 Å². The second kappa shape index (κ2) is 8.32. The molecule has 0 saturated carbocycles. The predicted octanol–water partition coefficient (Wildman–Crippen LogP) is 8.34. The first-order valence-electron chi connectivity index (χ1n) is 9.50. The number of anilines is 1. The highest BCUT2D eigenvalue weighted by atomic mass is 35.5. The molecule has 0 atom stereocenters. The van der Waals surface area contributed by atoms with Gasteiger partial charge in [0.1, 0.15) is 0 Å². The minimum absolute atomic E-state index is 0.750. The van der Waals surface area contributed by atoms with Crippen molar-refractivity contribution in [2.24, 2.45) is 0 Å². The first-order chi connectivity index (χ1) is 14.1. The monoisotopic (exact) mass is 417 g/mol. The third-order valence-corrected chi connectivity index (χ3v) is 5.75. The van der Waals surface area contributed by atoms with Crippen LogP contribution in [0.4, 0.5) is 5.69 Å². The fourth-order valence-corrected chi connectivity index (χ4v) is 4.02. The number of benzene rings is 4. The third kappa shape index (κ3) is 4.03. The van der Waals surface area contributed by atoms with Gasteiger partial charge in [0, 0.05) is 33.9 Å². The van der Waals surface area contributed by atoms with Crippen LogP contribution in [0.25, 0.3) is 33.4 Å². The van der Waals surface area contributed by atoms with Gasteiger partial charge in [0.2, 0.25) is 0 Å². The zero-order valence-electron chi connectivity index (χ0n) is 16.3. The molecule has 0 bridgehead atoms. The summed E-state index contributed by atoms with van der Waals surface area (Å²) in [6.07, 6.45) is 0. The normalized spacial score (nSPS) is 10.8.